The third-order valence-electron chi connectivity index (χ3n) is 6.00. The summed E-state index contributed by atoms with van der Waals surface area (Å²) in [5, 5.41) is 10.9. The topological polar surface area (TPSA) is 106 Å². The van der Waals surface area contributed by atoms with Gasteiger partial charge < -0.3 is 9.84 Å². The van der Waals surface area contributed by atoms with Crippen LogP contribution < -0.4 is 9.46 Å². The van der Waals surface area contributed by atoms with E-state index in [0.29, 0.717) is 23.3 Å². The van der Waals surface area contributed by atoms with Gasteiger partial charge >= 0.3 is 0 Å². The molecule has 1 aliphatic rings. The van der Waals surface area contributed by atoms with E-state index < -0.39 is 32.6 Å². The minimum Gasteiger partial charge on any atom is -0.493 e. The summed E-state index contributed by atoms with van der Waals surface area (Å²) in [7, 11) is -3.96. The number of pyridine rings is 1. The maximum Gasteiger partial charge on any atom is 0.265 e. The second-order valence-corrected chi connectivity index (χ2v) is 12.0. The van der Waals surface area contributed by atoms with Crippen LogP contribution in [0.2, 0.25) is 0 Å². The van der Waals surface area contributed by atoms with Crippen molar-refractivity contribution in [2.75, 3.05) is 6.61 Å². The fraction of sp³-hybridized carbons (Fsp3) is 0.308. The van der Waals surface area contributed by atoms with Gasteiger partial charge in [-0.15, -0.1) is 0 Å². The second-order valence-electron chi connectivity index (χ2n) is 9.53. The van der Waals surface area contributed by atoms with Crippen LogP contribution in [0.1, 0.15) is 48.5 Å². The Bertz CT molecular complexity index is 1350. The van der Waals surface area contributed by atoms with Gasteiger partial charge in [0.25, 0.3) is 5.91 Å². The fourth-order valence-corrected chi connectivity index (χ4v) is 4.51. The number of carbonyl (C=O) groups excluding carboxylic acids is 1. The number of rotatable bonds is 5. The quantitative estimate of drug-likeness (QED) is 0.550. The minimum absolute atomic E-state index is 0.00330. The van der Waals surface area contributed by atoms with Gasteiger partial charge in [0, 0.05) is 28.9 Å². The molecule has 3 aromatic rings. The van der Waals surface area contributed by atoms with Crippen molar-refractivity contribution in [3.05, 3.63) is 83.4 Å². The lowest BCUT2D eigenvalue weighted by Crippen LogP contribution is -2.42. The molecule has 0 bridgehead atoms. The first-order chi connectivity index (χ1) is 16.5. The Balaban J connectivity index is 1.64. The lowest BCUT2D eigenvalue weighted by molar-refractivity contribution is 0.0503. The van der Waals surface area contributed by atoms with Crippen molar-refractivity contribution < 1.29 is 27.4 Å². The lowest BCUT2D eigenvalue weighted by atomic mass is 9.88. The van der Waals surface area contributed by atoms with Gasteiger partial charge in [-0.1, -0.05) is 18.2 Å². The Hall–Kier alpha value is -3.30. The number of amides is 1. The van der Waals surface area contributed by atoms with Crippen LogP contribution in [0.3, 0.4) is 0 Å². The summed E-state index contributed by atoms with van der Waals surface area (Å²) in [4.78, 5) is 17.2. The van der Waals surface area contributed by atoms with E-state index in [1.165, 1.54) is 32.9 Å². The Kier molecular flexibility index (Phi) is 6.66. The average molecular weight is 499 g/mol. The molecule has 1 amide bonds. The molecule has 2 N–H and O–H groups in total. The summed E-state index contributed by atoms with van der Waals surface area (Å²) in [5.41, 5.74) is 2.10. The molecule has 2 aromatic carbocycles. The largest absolute Gasteiger partial charge is 0.493 e. The number of nitrogens with one attached hydrogen (secondary N) is 1. The van der Waals surface area contributed by atoms with Crippen molar-refractivity contribution in [3.63, 3.8) is 0 Å². The molecule has 4 rings (SSSR count). The van der Waals surface area contributed by atoms with Crippen LogP contribution in [0.15, 0.2) is 60.8 Å². The number of fused-ring (bicyclic) bond motifs is 1. The van der Waals surface area contributed by atoms with E-state index >= 15 is 0 Å². The maximum atomic E-state index is 14.2. The van der Waals surface area contributed by atoms with Crippen LogP contribution in [0.5, 0.6) is 5.75 Å². The molecule has 0 saturated heterocycles. The van der Waals surface area contributed by atoms with Crippen LogP contribution in [0.25, 0.3) is 11.1 Å². The molecule has 2 heterocycles. The van der Waals surface area contributed by atoms with Crippen LogP contribution >= 0.6 is 0 Å². The third kappa shape index (κ3) is 5.21. The Morgan fingerprint density at radius 2 is 1.94 bits per heavy atom. The second kappa shape index (κ2) is 9.39. The molecule has 0 spiro atoms. The van der Waals surface area contributed by atoms with Gasteiger partial charge in [0.1, 0.15) is 11.6 Å². The zero-order chi connectivity index (χ0) is 25.4. The van der Waals surface area contributed by atoms with Gasteiger partial charge in [-0.05, 0) is 74.7 Å². The number of aliphatic hydroxyl groups excluding tert-OH is 1. The van der Waals surface area contributed by atoms with Crippen molar-refractivity contribution in [3.8, 4) is 16.9 Å². The number of carbonyl (C=O) groups is 1. The first-order valence-electron chi connectivity index (χ1n) is 11.2. The summed E-state index contributed by atoms with van der Waals surface area (Å²) in [6.45, 7) is 4.68. The third-order valence-corrected chi connectivity index (χ3v) is 8.07. The number of ether oxygens (including phenoxy) is 1. The standard InChI is InChI=1S/C26H27FN2O5S/c1-26(2,3)35(32,33)29-25(31)20-10-8-18(27)14-22(20)16-7-9-21-23(13-16)34-15-17(24(21)30)12-19-6-4-5-11-28-19/h4-11,13-14,17,24,30H,12,15H2,1-3H3,(H,29,31)/t17?,24-/m0/s1. The van der Waals surface area contributed by atoms with Gasteiger partial charge in [0.15, 0.2) is 0 Å². The van der Waals surface area contributed by atoms with Crippen molar-refractivity contribution in [1.82, 2.24) is 9.71 Å². The molecule has 1 aromatic heterocycles. The molecule has 1 unspecified atom stereocenters. The number of hydrogen-bond acceptors (Lipinski definition) is 6. The molecule has 9 heteroatoms. The van der Waals surface area contributed by atoms with E-state index in [4.69, 9.17) is 4.74 Å². The molecule has 184 valence electrons. The molecule has 35 heavy (non-hydrogen) atoms. The van der Waals surface area contributed by atoms with Crippen molar-refractivity contribution in [2.24, 2.45) is 5.92 Å². The Labute approximate surface area is 204 Å². The van der Waals surface area contributed by atoms with E-state index in [0.717, 1.165) is 11.8 Å². The highest BCUT2D eigenvalue weighted by Crippen LogP contribution is 2.39. The average Bonchev–Trinajstić information content (AvgIpc) is 2.80. The van der Waals surface area contributed by atoms with Gasteiger partial charge in [0.05, 0.1) is 17.5 Å². The van der Waals surface area contributed by atoms with E-state index in [1.807, 2.05) is 18.2 Å². The summed E-state index contributed by atoms with van der Waals surface area (Å²) in [6, 6.07) is 14.1. The number of aromatic nitrogens is 1. The Morgan fingerprint density at radius 1 is 1.17 bits per heavy atom. The van der Waals surface area contributed by atoms with Crippen LogP contribution in [0, 0.1) is 11.7 Å². The van der Waals surface area contributed by atoms with Gasteiger partial charge in [0.2, 0.25) is 10.0 Å². The summed E-state index contributed by atoms with van der Waals surface area (Å²) in [5.74, 6) is -1.21. The minimum atomic E-state index is -3.96. The number of hydrogen-bond donors (Lipinski definition) is 2. The SMILES string of the molecule is CC(C)(C)S(=O)(=O)NC(=O)c1ccc(F)cc1-c1ccc2c(c1)OCC(Cc1ccccn1)[C@@H]2O. The van der Waals surface area contributed by atoms with Crippen LogP contribution in [0.4, 0.5) is 4.39 Å². The maximum absolute atomic E-state index is 14.2. The molecular weight excluding hydrogens is 471 g/mol. The van der Waals surface area contributed by atoms with E-state index in [-0.39, 0.29) is 23.7 Å². The fourth-order valence-electron chi connectivity index (χ4n) is 3.85. The zero-order valence-corrected chi connectivity index (χ0v) is 20.5. The summed E-state index contributed by atoms with van der Waals surface area (Å²) < 4.78 is 45.9. The number of nitrogens with zero attached hydrogens (tertiary/aromatic N) is 1. The first-order valence-corrected chi connectivity index (χ1v) is 12.7. The van der Waals surface area contributed by atoms with Gasteiger partial charge in [-0.2, -0.15) is 0 Å². The molecule has 0 saturated carbocycles. The number of benzene rings is 2. The molecule has 0 aliphatic carbocycles. The summed E-state index contributed by atoms with van der Waals surface area (Å²) >= 11 is 0. The normalized spacial score (nSPS) is 17.9. The molecule has 2 atom stereocenters. The summed E-state index contributed by atoms with van der Waals surface area (Å²) in [6.07, 6.45) is 1.45. The van der Waals surface area contributed by atoms with Gasteiger partial charge in [-0.3, -0.25) is 9.78 Å². The van der Waals surface area contributed by atoms with Crippen LogP contribution in [-0.2, 0) is 16.4 Å². The first kappa shape index (κ1) is 24.8. The number of aliphatic hydroxyl groups is 1. The van der Waals surface area contributed by atoms with Crippen molar-refractivity contribution >= 4 is 15.9 Å². The van der Waals surface area contributed by atoms with Crippen LogP contribution in [-0.4, -0.2) is 35.8 Å². The smallest absolute Gasteiger partial charge is 0.265 e. The molecular formula is C26H27FN2O5S. The van der Waals surface area contributed by atoms with Crippen molar-refractivity contribution in [2.45, 2.75) is 38.0 Å². The number of sulfonamides is 1. The van der Waals surface area contributed by atoms with E-state index in [1.54, 1.807) is 24.4 Å². The molecule has 0 radical (unpaired) electrons. The molecule has 0 fully saturated rings. The van der Waals surface area contributed by atoms with Gasteiger partial charge in [-0.25, -0.2) is 17.5 Å². The monoisotopic (exact) mass is 498 g/mol. The highest BCUT2D eigenvalue weighted by molar-refractivity contribution is 7.91. The highest BCUT2D eigenvalue weighted by Gasteiger charge is 2.33. The molecule has 7 nitrogen and oxygen atoms in total. The van der Waals surface area contributed by atoms with E-state index in [9.17, 15) is 22.7 Å². The highest BCUT2D eigenvalue weighted by atomic mass is 32.2. The van der Waals surface area contributed by atoms with E-state index in [2.05, 4.69) is 9.71 Å². The zero-order valence-electron chi connectivity index (χ0n) is 19.7. The molecule has 1 aliphatic heterocycles. The predicted molar refractivity (Wildman–Crippen MR) is 130 cm³/mol. The lowest BCUT2D eigenvalue weighted by Gasteiger charge is -2.30. The Morgan fingerprint density at radius 3 is 2.63 bits per heavy atom. The van der Waals surface area contributed by atoms with Crippen molar-refractivity contribution in [1.29, 1.82) is 0 Å². The number of halogens is 1. The predicted octanol–water partition coefficient (Wildman–Crippen LogP) is 4.03.